The Balaban J connectivity index is 2.18. The molecule has 0 saturated heterocycles. The van der Waals surface area contributed by atoms with E-state index >= 15 is 0 Å². The molecule has 0 spiro atoms. The van der Waals surface area contributed by atoms with Crippen molar-refractivity contribution in [3.63, 3.8) is 0 Å². The molecule has 0 bridgehead atoms. The van der Waals surface area contributed by atoms with Gasteiger partial charge in [-0.25, -0.2) is 4.98 Å². The fraction of sp³-hybridized carbons (Fsp3) is 0.364. The van der Waals surface area contributed by atoms with E-state index in [1.54, 1.807) is 6.92 Å². The van der Waals surface area contributed by atoms with Gasteiger partial charge in [0.1, 0.15) is 0 Å². The van der Waals surface area contributed by atoms with Crippen molar-refractivity contribution in [2.75, 3.05) is 11.1 Å². The molecule has 3 N–H and O–H groups in total. The van der Waals surface area contributed by atoms with Crippen LogP contribution in [-0.2, 0) is 13.6 Å². The molecule has 0 fully saturated rings. The highest BCUT2D eigenvalue weighted by Crippen LogP contribution is 2.21. The summed E-state index contributed by atoms with van der Waals surface area (Å²) in [4.78, 5) is 8.06. The molecule has 2 rings (SSSR count). The number of nitrogen functional groups attached to an aromatic ring is 1. The minimum absolute atomic E-state index is 0.187. The van der Waals surface area contributed by atoms with E-state index in [0.29, 0.717) is 23.7 Å². The standard InChI is InChI=1S/C11H15ClN6/c1-6-9(13)10(17-11(12)16-6)14-4-8-5-15-18(3)7(8)2/h5H,4,13H2,1-3H3,(H,14,16,17). The summed E-state index contributed by atoms with van der Waals surface area (Å²) in [5.74, 6) is 0.552. The Bertz CT molecular complexity index is 577. The molecular weight excluding hydrogens is 252 g/mol. The van der Waals surface area contributed by atoms with Gasteiger partial charge in [-0.15, -0.1) is 0 Å². The summed E-state index contributed by atoms with van der Waals surface area (Å²) >= 11 is 5.80. The van der Waals surface area contributed by atoms with Crippen molar-refractivity contribution in [2.45, 2.75) is 20.4 Å². The van der Waals surface area contributed by atoms with E-state index in [4.69, 9.17) is 17.3 Å². The first-order valence-electron chi connectivity index (χ1n) is 5.50. The van der Waals surface area contributed by atoms with Gasteiger partial charge in [-0.1, -0.05) is 0 Å². The Morgan fingerprint density at radius 3 is 2.72 bits per heavy atom. The molecule has 96 valence electrons. The number of aromatic nitrogens is 4. The van der Waals surface area contributed by atoms with Gasteiger partial charge in [-0.3, -0.25) is 4.68 Å². The number of aryl methyl sites for hydroxylation is 2. The number of hydrogen-bond donors (Lipinski definition) is 2. The fourth-order valence-electron chi connectivity index (χ4n) is 1.58. The van der Waals surface area contributed by atoms with Crippen LogP contribution >= 0.6 is 11.6 Å². The topological polar surface area (TPSA) is 81.7 Å². The van der Waals surface area contributed by atoms with Gasteiger partial charge < -0.3 is 11.1 Å². The molecule has 0 aliphatic rings. The minimum Gasteiger partial charge on any atom is -0.394 e. The van der Waals surface area contributed by atoms with E-state index in [0.717, 1.165) is 11.3 Å². The maximum Gasteiger partial charge on any atom is 0.224 e. The largest absolute Gasteiger partial charge is 0.394 e. The zero-order valence-corrected chi connectivity index (χ0v) is 11.3. The lowest BCUT2D eigenvalue weighted by molar-refractivity contribution is 0.738. The Hall–Kier alpha value is -1.82. The van der Waals surface area contributed by atoms with Gasteiger partial charge >= 0.3 is 0 Å². The van der Waals surface area contributed by atoms with Crippen molar-refractivity contribution < 1.29 is 0 Å². The van der Waals surface area contributed by atoms with Gasteiger partial charge in [0.15, 0.2) is 5.82 Å². The van der Waals surface area contributed by atoms with Crippen LogP contribution in [0.15, 0.2) is 6.20 Å². The highest BCUT2D eigenvalue weighted by molar-refractivity contribution is 6.28. The van der Waals surface area contributed by atoms with E-state index in [1.165, 1.54) is 0 Å². The molecular formula is C11H15ClN6. The molecule has 0 aliphatic heterocycles. The summed E-state index contributed by atoms with van der Waals surface area (Å²) in [6.45, 7) is 4.39. The minimum atomic E-state index is 0.187. The summed E-state index contributed by atoms with van der Waals surface area (Å²) in [7, 11) is 1.90. The van der Waals surface area contributed by atoms with Crippen LogP contribution in [0, 0.1) is 13.8 Å². The van der Waals surface area contributed by atoms with Crippen LogP contribution in [0.1, 0.15) is 17.0 Å². The van der Waals surface area contributed by atoms with Crippen LogP contribution < -0.4 is 11.1 Å². The quantitative estimate of drug-likeness (QED) is 0.826. The summed E-state index contributed by atoms with van der Waals surface area (Å²) < 4.78 is 1.82. The van der Waals surface area contributed by atoms with Crippen molar-refractivity contribution in [1.29, 1.82) is 0 Å². The first kappa shape index (κ1) is 12.6. The number of nitrogens with two attached hydrogens (primary N) is 1. The third-order valence-electron chi connectivity index (χ3n) is 2.89. The third kappa shape index (κ3) is 2.38. The number of nitrogens with zero attached hydrogens (tertiary/aromatic N) is 4. The third-order valence-corrected chi connectivity index (χ3v) is 3.06. The summed E-state index contributed by atoms with van der Waals surface area (Å²) in [6.07, 6.45) is 1.81. The number of halogens is 1. The van der Waals surface area contributed by atoms with E-state index in [-0.39, 0.29) is 5.28 Å². The predicted molar refractivity (Wildman–Crippen MR) is 71.5 cm³/mol. The van der Waals surface area contributed by atoms with Gasteiger partial charge in [0.05, 0.1) is 17.6 Å². The fourth-order valence-corrected chi connectivity index (χ4v) is 1.79. The second-order valence-electron chi connectivity index (χ2n) is 4.07. The molecule has 0 aromatic carbocycles. The summed E-state index contributed by atoms with van der Waals surface area (Å²) in [5, 5.41) is 7.51. The number of hydrogen-bond acceptors (Lipinski definition) is 5. The molecule has 2 aromatic rings. The van der Waals surface area contributed by atoms with Crippen LogP contribution in [0.5, 0.6) is 0 Å². The van der Waals surface area contributed by atoms with Crippen LogP contribution in [-0.4, -0.2) is 19.7 Å². The Labute approximate surface area is 110 Å². The highest BCUT2D eigenvalue weighted by atomic mass is 35.5. The lowest BCUT2D eigenvalue weighted by Crippen LogP contribution is -2.08. The van der Waals surface area contributed by atoms with Gasteiger partial charge in [-0.05, 0) is 25.4 Å². The zero-order chi connectivity index (χ0) is 13.3. The molecule has 7 heteroatoms. The average molecular weight is 267 g/mol. The molecule has 6 nitrogen and oxygen atoms in total. The van der Waals surface area contributed by atoms with E-state index in [9.17, 15) is 0 Å². The second kappa shape index (κ2) is 4.81. The van der Waals surface area contributed by atoms with Crippen LogP contribution in [0.4, 0.5) is 11.5 Å². The first-order chi connectivity index (χ1) is 8.49. The molecule has 2 aromatic heterocycles. The van der Waals surface area contributed by atoms with Gasteiger partial charge in [0.25, 0.3) is 0 Å². The normalized spacial score (nSPS) is 10.7. The summed E-state index contributed by atoms with van der Waals surface area (Å²) in [6, 6.07) is 0. The monoisotopic (exact) mass is 266 g/mol. The number of anilines is 2. The Morgan fingerprint density at radius 1 is 1.39 bits per heavy atom. The zero-order valence-electron chi connectivity index (χ0n) is 10.5. The van der Waals surface area contributed by atoms with Gasteiger partial charge in [0, 0.05) is 24.8 Å². The average Bonchev–Trinajstić information content (AvgIpc) is 2.63. The van der Waals surface area contributed by atoms with Crippen molar-refractivity contribution >= 4 is 23.1 Å². The number of rotatable bonds is 3. The SMILES string of the molecule is Cc1nc(Cl)nc(NCc2cnn(C)c2C)c1N. The molecule has 0 amide bonds. The molecule has 0 saturated carbocycles. The van der Waals surface area contributed by atoms with Crippen LogP contribution in [0.3, 0.4) is 0 Å². The van der Waals surface area contributed by atoms with Crippen molar-refractivity contribution in [1.82, 2.24) is 19.7 Å². The lowest BCUT2D eigenvalue weighted by Gasteiger charge is -2.09. The van der Waals surface area contributed by atoms with Crippen LogP contribution in [0.2, 0.25) is 5.28 Å². The summed E-state index contributed by atoms with van der Waals surface area (Å²) in [5.41, 5.74) is 9.26. The molecule has 2 heterocycles. The van der Waals surface area contributed by atoms with E-state index in [1.807, 2.05) is 24.9 Å². The molecule has 0 aliphatic carbocycles. The van der Waals surface area contributed by atoms with Crippen molar-refractivity contribution in [2.24, 2.45) is 7.05 Å². The predicted octanol–water partition coefficient (Wildman–Crippen LogP) is 1.67. The lowest BCUT2D eigenvalue weighted by atomic mass is 10.2. The van der Waals surface area contributed by atoms with Gasteiger partial charge in [-0.2, -0.15) is 10.1 Å². The number of nitrogens with one attached hydrogen (secondary N) is 1. The molecule has 0 atom stereocenters. The molecule has 0 unspecified atom stereocenters. The van der Waals surface area contributed by atoms with Crippen molar-refractivity contribution in [3.8, 4) is 0 Å². The van der Waals surface area contributed by atoms with E-state index in [2.05, 4.69) is 20.4 Å². The Kier molecular flexibility index (Phi) is 3.38. The molecule has 0 radical (unpaired) electrons. The first-order valence-corrected chi connectivity index (χ1v) is 5.87. The Morgan fingerprint density at radius 2 is 2.11 bits per heavy atom. The van der Waals surface area contributed by atoms with Gasteiger partial charge in [0.2, 0.25) is 5.28 Å². The van der Waals surface area contributed by atoms with Crippen molar-refractivity contribution in [3.05, 3.63) is 28.4 Å². The van der Waals surface area contributed by atoms with E-state index < -0.39 is 0 Å². The maximum absolute atomic E-state index is 5.89. The van der Waals surface area contributed by atoms with Crippen LogP contribution in [0.25, 0.3) is 0 Å². The molecule has 18 heavy (non-hydrogen) atoms. The second-order valence-corrected chi connectivity index (χ2v) is 4.41. The smallest absolute Gasteiger partial charge is 0.224 e. The maximum atomic E-state index is 5.89. The highest BCUT2D eigenvalue weighted by Gasteiger charge is 2.09.